The number of morpholine rings is 1. The minimum Gasteiger partial charge on any atom is -0.375 e. The van der Waals surface area contributed by atoms with Crippen molar-refractivity contribution < 1.29 is 9.53 Å². The Labute approximate surface area is 150 Å². The molecule has 1 amide bonds. The Morgan fingerprint density at radius 2 is 2.28 bits per heavy atom. The summed E-state index contributed by atoms with van der Waals surface area (Å²) in [5, 5.41) is 0. The van der Waals surface area contributed by atoms with Crippen LogP contribution in [0.2, 0.25) is 0 Å². The van der Waals surface area contributed by atoms with Gasteiger partial charge in [-0.25, -0.2) is 0 Å². The fourth-order valence-corrected chi connectivity index (χ4v) is 3.59. The van der Waals surface area contributed by atoms with Gasteiger partial charge in [0.15, 0.2) is 0 Å². The van der Waals surface area contributed by atoms with Crippen LogP contribution in [0.3, 0.4) is 0 Å². The highest BCUT2D eigenvalue weighted by Crippen LogP contribution is 2.24. The minimum absolute atomic E-state index is 0.224. The van der Waals surface area contributed by atoms with E-state index in [0.29, 0.717) is 12.6 Å². The number of piperidine rings is 1. The van der Waals surface area contributed by atoms with Gasteiger partial charge < -0.3 is 9.64 Å². The lowest BCUT2D eigenvalue weighted by molar-refractivity contribution is -0.144. The Balaban J connectivity index is 1.63. The van der Waals surface area contributed by atoms with E-state index in [1.165, 1.54) is 5.56 Å². The number of hydrogen-bond acceptors (Lipinski definition) is 5. The first-order valence-electron chi connectivity index (χ1n) is 9.27. The summed E-state index contributed by atoms with van der Waals surface area (Å²) >= 11 is 0. The molecule has 0 N–H and O–H groups in total. The van der Waals surface area contributed by atoms with Gasteiger partial charge in [0.2, 0.25) is 5.91 Å². The van der Waals surface area contributed by atoms with Crippen molar-refractivity contribution >= 4 is 5.91 Å². The monoisotopic (exact) mass is 346 g/mol. The molecule has 3 rings (SSSR count). The molecular weight excluding hydrogens is 316 g/mol. The maximum atomic E-state index is 12.7. The third-order valence-corrected chi connectivity index (χ3v) is 5.43. The van der Waals surface area contributed by atoms with E-state index in [1.54, 1.807) is 6.20 Å². The van der Waals surface area contributed by atoms with Crippen molar-refractivity contribution in [1.82, 2.24) is 19.7 Å². The molecular formula is C19H30N4O2. The second-order valence-corrected chi connectivity index (χ2v) is 7.45. The number of fused-ring (bicyclic) bond motifs is 1. The van der Waals surface area contributed by atoms with Gasteiger partial charge >= 0.3 is 0 Å². The van der Waals surface area contributed by atoms with E-state index in [9.17, 15) is 4.79 Å². The highest BCUT2D eigenvalue weighted by Gasteiger charge is 2.38. The number of carbonyl (C=O) groups excluding carboxylic acids is 1. The Morgan fingerprint density at radius 3 is 3.00 bits per heavy atom. The molecule has 1 aromatic rings. The zero-order valence-corrected chi connectivity index (χ0v) is 15.6. The topological polar surface area (TPSA) is 48.9 Å². The lowest BCUT2D eigenvalue weighted by atomic mass is 9.98. The molecule has 2 fully saturated rings. The SMILES string of the molecule is CC(C)N(C)CC(=O)N1CC[C@@H]2OCCN(Cc3cccnc3)[C@H]2C1. The zero-order valence-electron chi connectivity index (χ0n) is 15.6. The maximum absolute atomic E-state index is 12.7. The first-order chi connectivity index (χ1) is 12.0. The normalized spacial score (nSPS) is 24.6. The first kappa shape index (κ1) is 18.3. The van der Waals surface area contributed by atoms with Gasteiger partial charge in [0.05, 0.1) is 25.3 Å². The molecule has 0 unspecified atom stereocenters. The fraction of sp³-hybridized carbons (Fsp3) is 0.684. The van der Waals surface area contributed by atoms with E-state index in [-0.39, 0.29) is 18.1 Å². The summed E-state index contributed by atoms with van der Waals surface area (Å²) in [4.78, 5) is 23.5. The van der Waals surface area contributed by atoms with Crippen molar-refractivity contribution in [1.29, 1.82) is 0 Å². The molecule has 1 aromatic heterocycles. The lowest BCUT2D eigenvalue weighted by Crippen LogP contribution is -2.61. The van der Waals surface area contributed by atoms with Crippen LogP contribution in [0.25, 0.3) is 0 Å². The van der Waals surface area contributed by atoms with Gasteiger partial charge in [-0.2, -0.15) is 0 Å². The van der Waals surface area contributed by atoms with Crippen LogP contribution in [0.15, 0.2) is 24.5 Å². The summed E-state index contributed by atoms with van der Waals surface area (Å²) in [6.07, 6.45) is 4.88. The van der Waals surface area contributed by atoms with Crippen LogP contribution < -0.4 is 0 Å². The molecule has 0 bridgehead atoms. The fourth-order valence-electron chi connectivity index (χ4n) is 3.59. The maximum Gasteiger partial charge on any atom is 0.236 e. The Morgan fingerprint density at radius 1 is 1.44 bits per heavy atom. The smallest absolute Gasteiger partial charge is 0.236 e. The molecule has 3 heterocycles. The average molecular weight is 346 g/mol. The first-order valence-corrected chi connectivity index (χ1v) is 9.27. The van der Waals surface area contributed by atoms with E-state index in [4.69, 9.17) is 4.74 Å². The molecule has 6 nitrogen and oxygen atoms in total. The predicted molar refractivity (Wildman–Crippen MR) is 97.1 cm³/mol. The summed E-state index contributed by atoms with van der Waals surface area (Å²) in [6, 6.07) is 4.74. The van der Waals surface area contributed by atoms with Crippen molar-refractivity contribution in [2.75, 3.05) is 39.8 Å². The number of amides is 1. The molecule has 0 aliphatic carbocycles. The van der Waals surface area contributed by atoms with Crippen LogP contribution in [-0.2, 0) is 16.1 Å². The number of aromatic nitrogens is 1. The third kappa shape index (κ3) is 4.57. The van der Waals surface area contributed by atoms with Crippen LogP contribution in [0.4, 0.5) is 0 Å². The molecule has 2 atom stereocenters. The highest BCUT2D eigenvalue weighted by atomic mass is 16.5. The van der Waals surface area contributed by atoms with Crippen LogP contribution in [0.1, 0.15) is 25.8 Å². The van der Waals surface area contributed by atoms with Gasteiger partial charge in [-0.15, -0.1) is 0 Å². The van der Waals surface area contributed by atoms with Crippen molar-refractivity contribution in [3.05, 3.63) is 30.1 Å². The quantitative estimate of drug-likeness (QED) is 0.802. The molecule has 138 valence electrons. The van der Waals surface area contributed by atoms with Crippen molar-refractivity contribution in [2.45, 2.75) is 45.0 Å². The van der Waals surface area contributed by atoms with Gasteiger partial charge in [-0.3, -0.25) is 19.6 Å². The molecule has 0 aromatic carbocycles. The van der Waals surface area contributed by atoms with Gasteiger partial charge in [0, 0.05) is 44.6 Å². The van der Waals surface area contributed by atoms with E-state index in [2.05, 4.69) is 34.7 Å². The van der Waals surface area contributed by atoms with Gasteiger partial charge in [0.25, 0.3) is 0 Å². The number of carbonyl (C=O) groups is 1. The molecule has 0 radical (unpaired) electrons. The minimum atomic E-state index is 0.224. The number of rotatable bonds is 5. The van der Waals surface area contributed by atoms with Crippen molar-refractivity contribution in [2.24, 2.45) is 0 Å². The molecule has 2 aliphatic heterocycles. The van der Waals surface area contributed by atoms with Crippen LogP contribution in [0.5, 0.6) is 0 Å². The summed E-state index contributed by atoms with van der Waals surface area (Å²) in [5.74, 6) is 0.224. The van der Waals surface area contributed by atoms with E-state index < -0.39 is 0 Å². The second kappa shape index (κ2) is 8.25. The third-order valence-electron chi connectivity index (χ3n) is 5.43. The number of ether oxygens (including phenoxy) is 1. The number of pyridine rings is 1. The standard InChI is InChI=1S/C19H30N4O2/c1-15(2)21(3)14-19(24)23-8-6-18-17(13-23)22(9-10-25-18)12-16-5-4-7-20-11-16/h4-5,7,11,15,17-18H,6,8-10,12-14H2,1-3H3/t17-,18-/m0/s1. The summed E-state index contributed by atoms with van der Waals surface area (Å²) in [5.41, 5.74) is 1.21. The molecule has 6 heteroatoms. The van der Waals surface area contributed by atoms with Crippen molar-refractivity contribution in [3.8, 4) is 0 Å². The van der Waals surface area contributed by atoms with E-state index >= 15 is 0 Å². The molecule has 25 heavy (non-hydrogen) atoms. The van der Waals surface area contributed by atoms with Crippen LogP contribution in [0, 0.1) is 0 Å². The van der Waals surface area contributed by atoms with Crippen LogP contribution in [-0.4, -0.2) is 83.6 Å². The second-order valence-electron chi connectivity index (χ2n) is 7.45. The number of nitrogens with zero attached hydrogens (tertiary/aromatic N) is 4. The molecule has 0 saturated carbocycles. The number of hydrogen-bond donors (Lipinski definition) is 0. The molecule has 2 aliphatic rings. The highest BCUT2D eigenvalue weighted by molar-refractivity contribution is 5.78. The van der Waals surface area contributed by atoms with Crippen molar-refractivity contribution in [3.63, 3.8) is 0 Å². The summed E-state index contributed by atoms with van der Waals surface area (Å²) in [6.45, 7) is 8.82. The summed E-state index contributed by atoms with van der Waals surface area (Å²) < 4.78 is 5.99. The van der Waals surface area contributed by atoms with Gasteiger partial charge in [0.1, 0.15) is 0 Å². The van der Waals surface area contributed by atoms with Crippen LogP contribution >= 0.6 is 0 Å². The number of likely N-dealkylation sites (tertiary alicyclic amines) is 1. The van der Waals surface area contributed by atoms with E-state index in [0.717, 1.165) is 39.2 Å². The van der Waals surface area contributed by atoms with E-state index in [1.807, 2.05) is 24.2 Å². The Hall–Kier alpha value is -1.50. The zero-order chi connectivity index (χ0) is 17.8. The van der Waals surface area contributed by atoms with Gasteiger partial charge in [-0.1, -0.05) is 6.07 Å². The summed E-state index contributed by atoms with van der Waals surface area (Å²) in [7, 11) is 2.01. The molecule has 2 saturated heterocycles. The lowest BCUT2D eigenvalue weighted by Gasteiger charge is -2.47. The average Bonchev–Trinajstić information content (AvgIpc) is 2.62. The molecule has 0 spiro atoms. The Bertz CT molecular complexity index is 566. The predicted octanol–water partition coefficient (Wildman–Crippen LogP) is 1.22. The number of likely N-dealkylation sites (N-methyl/N-ethyl adjacent to an activating group) is 1. The Kier molecular flexibility index (Phi) is 6.04. The van der Waals surface area contributed by atoms with Gasteiger partial charge in [-0.05, 0) is 38.9 Å². The largest absolute Gasteiger partial charge is 0.375 e.